The Kier molecular flexibility index (Phi) is 4.33. The van der Waals surface area contributed by atoms with Gasteiger partial charge in [0.2, 0.25) is 5.91 Å². The van der Waals surface area contributed by atoms with E-state index in [0.717, 1.165) is 0 Å². The largest absolute Gasteiger partial charge is 0.369 e. The number of hydrogen-bond donors (Lipinski definition) is 1. The Morgan fingerprint density at radius 2 is 2.00 bits per heavy atom. The number of carbonyl (C=O) groups excluding carboxylic acids is 2. The van der Waals surface area contributed by atoms with Crippen molar-refractivity contribution in [2.45, 2.75) is 13.3 Å². The molecule has 0 bridgehead atoms. The predicted molar refractivity (Wildman–Crippen MR) is 63.5 cm³/mol. The number of Topliss-reactive ketones (excluding diaryl/α,β-unsaturated/α-hetero) is 1. The topological polar surface area (TPSA) is 60.2 Å². The second-order valence-corrected chi connectivity index (χ2v) is 4.35. The number of primary amides is 1. The third-order valence-corrected chi connectivity index (χ3v) is 2.88. The molecule has 0 saturated carbocycles. The van der Waals surface area contributed by atoms with Gasteiger partial charge in [0.05, 0.1) is 5.92 Å². The Bertz CT molecular complexity index is 432. The second kappa shape index (κ2) is 5.32. The minimum Gasteiger partial charge on any atom is -0.369 e. The summed E-state index contributed by atoms with van der Waals surface area (Å²) < 4.78 is 0. The van der Waals surface area contributed by atoms with Gasteiger partial charge in [-0.3, -0.25) is 9.59 Å². The van der Waals surface area contributed by atoms with Crippen molar-refractivity contribution >= 4 is 34.9 Å². The molecule has 0 aromatic heterocycles. The van der Waals surface area contributed by atoms with Crippen LogP contribution < -0.4 is 5.73 Å². The third-order valence-electron chi connectivity index (χ3n) is 2.29. The van der Waals surface area contributed by atoms with Crippen LogP contribution >= 0.6 is 23.2 Å². The lowest BCUT2D eigenvalue weighted by molar-refractivity contribution is -0.131. The van der Waals surface area contributed by atoms with Gasteiger partial charge >= 0.3 is 0 Å². The fourth-order valence-corrected chi connectivity index (χ4v) is 1.64. The van der Waals surface area contributed by atoms with Crippen molar-refractivity contribution in [3.63, 3.8) is 0 Å². The van der Waals surface area contributed by atoms with Crippen molar-refractivity contribution in [2.24, 2.45) is 11.7 Å². The van der Waals surface area contributed by atoms with Crippen LogP contribution in [0.4, 0.5) is 0 Å². The van der Waals surface area contributed by atoms with Gasteiger partial charge in [0.15, 0.2) is 0 Å². The van der Waals surface area contributed by atoms with Gasteiger partial charge in [-0.2, -0.15) is 0 Å². The lowest BCUT2D eigenvalue weighted by Gasteiger charge is -2.07. The number of hydrogen-bond acceptors (Lipinski definition) is 2. The molecule has 0 spiro atoms. The Hall–Kier alpha value is -1.06. The molecule has 1 atom stereocenters. The Morgan fingerprint density at radius 1 is 1.38 bits per heavy atom. The average molecular weight is 260 g/mol. The third kappa shape index (κ3) is 3.22. The van der Waals surface area contributed by atoms with Crippen molar-refractivity contribution in [1.82, 2.24) is 0 Å². The van der Waals surface area contributed by atoms with E-state index in [1.165, 1.54) is 6.92 Å². The summed E-state index contributed by atoms with van der Waals surface area (Å²) in [5.74, 6) is -1.68. The summed E-state index contributed by atoms with van der Waals surface area (Å²) in [4.78, 5) is 22.4. The highest BCUT2D eigenvalue weighted by molar-refractivity contribution is 6.35. The van der Waals surface area contributed by atoms with Crippen molar-refractivity contribution in [3.8, 4) is 0 Å². The standard InChI is InChI=1S/C11H11Cl2NO2/c1-6(11(14)16)10(15)4-7-2-3-8(12)5-9(7)13/h2-3,5-6H,4H2,1H3,(H2,14,16). The molecule has 0 heterocycles. The van der Waals surface area contributed by atoms with Gasteiger partial charge in [-0.05, 0) is 24.6 Å². The highest BCUT2D eigenvalue weighted by Crippen LogP contribution is 2.22. The van der Waals surface area contributed by atoms with Crippen LogP contribution in [0.5, 0.6) is 0 Å². The van der Waals surface area contributed by atoms with Gasteiger partial charge in [0, 0.05) is 16.5 Å². The van der Waals surface area contributed by atoms with Crippen LogP contribution in [0.25, 0.3) is 0 Å². The average Bonchev–Trinajstić information content (AvgIpc) is 2.20. The molecule has 2 N–H and O–H groups in total. The highest BCUT2D eigenvalue weighted by Gasteiger charge is 2.19. The Morgan fingerprint density at radius 3 is 2.50 bits per heavy atom. The zero-order valence-corrected chi connectivity index (χ0v) is 10.2. The van der Waals surface area contributed by atoms with Crippen LogP contribution in [-0.2, 0) is 16.0 Å². The monoisotopic (exact) mass is 259 g/mol. The summed E-state index contributed by atoms with van der Waals surface area (Å²) >= 11 is 11.6. The van der Waals surface area contributed by atoms with E-state index in [-0.39, 0.29) is 12.2 Å². The van der Waals surface area contributed by atoms with Crippen LogP contribution in [0.3, 0.4) is 0 Å². The van der Waals surface area contributed by atoms with Crippen molar-refractivity contribution in [2.75, 3.05) is 0 Å². The number of ketones is 1. The summed E-state index contributed by atoms with van der Waals surface area (Å²) in [6.45, 7) is 1.48. The Balaban J connectivity index is 2.81. The molecule has 16 heavy (non-hydrogen) atoms. The van der Waals surface area contributed by atoms with E-state index in [9.17, 15) is 9.59 Å². The fraction of sp³-hybridized carbons (Fsp3) is 0.273. The van der Waals surface area contributed by atoms with Gasteiger partial charge in [-0.1, -0.05) is 29.3 Å². The maximum atomic E-state index is 11.6. The van der Waals surface area contributed by atoms with Gasteiger partial charge in [0.1, 0.15) is 5.78 Å². The zero-order chi connectivity index (χ0) is 12.3. The molecule has 0 radical (unpaired) electrons. The molecule has 1 rings (SSSR count). The first-order valence-corrected chi connectivity index (χ1v) is 5.43. The van der Waals surface area contributed by atoms with E-state index in [0.29, 0.717) is 15.6 Å². The number of rotatable bonds is 4. The molecule has 0 aliphatic rings. The number of amides is 1. The number of halogens is 2. The minimum atomic E-state index is -0.799. The maximum Gasteiger partial charge on any atom is 0.227 e. The molecule has 5 heteroatoms. The summed E-state index contributed by atoms with van der Waals surface area (Å²) in [6.07, 6.45) is 0.0834. The lowest BCUT2D eigenvalue weighted by Crippen LogP contribution is -2.28. The van der Waals surface area contributed by atoms with Crippen molar-refractivity contribution < 1.29 is 9.59 Å². The smallest absolute Gasteiger partial charge is 0.227 e. The summed E-state index contributed by atoms with van der Waals surface area (Å²) in [6, 6.07) is 4.86. The lowest BCUT2D eigenvalue weighted by atomic mass is 9.99. The Labute approximate surface area is 104 Å². The normalized spacial score (nSPS) is 12.2. The van der Waals surface area contributed by atoms with Gasteiger partial charge in [-0.15, -0.1) is 0 Å². The predicted octanol–water partition coefficient (Wildman–Crippen LogP) is 2.23. The van der Waals surface area contributed by atoms with Crippen LogP contribution in [0, 0.1) is 5.92 Å². The van der Waals surface area contributed by atoms with Gasteiger partial charge in [-0.25, -0.2) is 0 Å². The molecule has 1 unspecified atom stereocenters. The summed E-state index contributed by atoms with van der Waals surface area (Å²) in [5, 5.41) is 0.918. The number of carbonyl (C=O) groups is 2. The fourth-order valence-electron chi connectivity index (χ4n) is 1.16. The van der Waals surface area contributed by atoms with Crippen molar-refractivity contribution in [3.05, 3.63) is 33.8 Å². The van der Waals surface area contributed by atoms with Gasteiger partial charge in [0.25, 0.3) is 0 Å². The first-order valence-electron chi connectivity index (χ1n) is 4.67. The molecule has 0 fully saturated rings. The second-order valence-electron chi connectivity index (χ2n) is 3.50. The van der Waals surface area contributed by atoms with E-state index in [1.54, 1.807) is 18.2 Å². The molecule has 1 amide bonds. The molecule has 0 saturated heterocycles. The van der Waals surface area contributed by atoms with Crippen LogP contribution in [0.1, 0.15) is 12.5 Å². The number of benzene rings is 1. The van der Waals surface area contributed by atoms with E-state index in [1.807, 2.05) is 0 Å². The van der Waals surface area contributed by atoms with Gasteiger partial charge < -0.3 is 5.73 Å². The van der Waals surface area contributed by atoms with E-state index < -0.39 is 11.8 Å². The van der Waals surface area contributed by atoms with Crippen molar-refractivity contribution in [1.29, 1.82) is 0 Å². The molecule has 1 aromatic carbocycles. The maximum absolute atomic E-state index is 11.6. The molecular weight excluding hydrogens is 249 g/mol. The van der Waals surface area contributed by atoms with Crippen LogP contribution in [0.2, 0.25) is 10.0 Å². The minimum absolute atomic E-state index is 0.0834. The molecule has 0 aliphatic carbocycles. The van der Waals surface area contributed by atoms with E-state index in [2.05, 4.69) is 0 Å². The summed E-state index contributed by atoms with van der Waals surface area (Å²) in [5.41, 5.74) is 5.68. The first kappa shape index (κ1) is 13.0. The zero-order valence-electron chi connectivity index (χ0n) is 8.67. The molecule has 3 nitrogen and oxygen atoms in total. The molecule has 1 aromatic rings. The molecule has 86 valence electrons. The van der Waals surface area contributed by atoms with Crippen LogP contribution in [0.15, 0.2) is 18.2 Å². The molecular formula is C11H11Cl2NO2. The summed E-state index contributed by atoms with van der Waals surface area (Å²) in [7, 11) is 0. The SMILES string of the molecule is CC(C(N)=O)C(=O)Cc1ccc(Cl)cc1Cl. The number of nitrogens with two attached hydrogens (primary N) is 1. The van der Waals surface area contributed by atoms with Crippen LogP contribution in [-0.4, -0.2) is 11.7 Å². The molecule has 0 aliphatic heterocycles. The quantitative estimate of drug-likeness (QED) is 0.844. The van der Waals surface area contributed by atoms with E-state index >= 15 is 0 Å². The first-order chi connectivity index (χ1) is 7.41. The highest BCUT2D eigenvalue weighted by atomic mass is 35.5. The van der Waals surface area contributed by atoms with E-state index in [4.69, 9.17) is 28.9 Å².